The molecule has 1 N–H and O–H groups in total. The quantitative estimate of drug-likeness (QED) is 0.355. The van der Waals surface area contributed by atoms with Crippen molar-refractivity contribution < 1.29 is 9.90 Å². The van der Waals surface area contributed by atoms with Crippen LogP contribution in [0.25, 0.3) is 22.8 Å². The Morgan fingerprint density at radius 2 is 1.89 bits per heavy atom. The third kappa shape index (κ3) is 6.07. The van der Waals surface area contributed by atoms with Crippen LogP contribution in [0, 0.1) is 11.3 Å². The summed E-state index contributed by atoms with van der Waals surface area (Å²) in [5, 5.41) is 20.0. The number of rotatable bonds is 6. The number of carbonyl (C=O) groups is 1. The van der Waals surface area contributed by atoms with Gasteiger partial charge in [0.15, 0.2) is 0 Å². The SMILES string of the molecule is CCN(C(=O)O)C1CCN(c2c(C=C(C)c3cccc(C#N)c3)cncc2-c2cc(Cl)cc(Cl)c2)CC1. The zero-order valence-electron chi connectivity index (χ0n) is 20.8. The van der Waals surface area contributed by atoms with E-state index in [2.05, 4.69) is 22.0 Å². The second kappa shape index (κ2) is 11.7. The number of piperidine rings is 1. The van der Waals surface area contributed by atoms with Crippen molar-refractivity contribution in [1.29, 1.82) is 5.26 Å². The fourth-order valence-corrected chi connectivity index (χ4v) is 5.48. The average molecular weight is 535 g/mol. The van der Waals surface area contributed by atoms with Gasteiger partial charge in [-0.15, -0.1) is 0 Å². The van der Waals surface area contributed by atoms with E-state index >= 15 is 0 Å². The van der Waals surface area contributed by atoms with Gasteiger partial charge in [0.1, 0.15) is 0 Å². The summed E-state index contributed by atoms with van der Waals surface area (Å²) in [5.74, 6) is 0. The molecule has 0 saturated carbocycles. The van der Waals surface area contributed by atoms with Crippen molar-refractivity contribution in [1.82, 2.24) is 9.88 Å². The molecule has 2 heterocycles. The second-order valence-electron chi connectivity index (χ2n) is 9.09. The summed E-state index contributed by atoms with van der Waals surface area (Å²) < 4.78 is 0. The molecule has 0 atom stereocenters. The number of aromatic nitrogens is 1. The van der Waals surface area contributed by atoms with Crippen molar-refractivity contribution in [2.45, 2.75) is 32.7 Å². The van der Waals surface area contributed by atoms with Gasteiger partial charge in [0, 0.05) is 59.2 Å². The highest BCUT2D eigenvalue weighted by molar-refractivity contribution is 6.35. The van der Waals surface area contributed by atoms with Crippen LogP contribution >= 0.6 is 23.2 Å². The zero-order valence-corrected chi connectivity index (χ0v) is 22.3. The van der Waals surface area contributed by atoms with Gasteiger partial charge in [0.2, 0.25) is 0 Å². The first kappa shape index (κ1) is 26.5. The Bertz CT molecular complexity index is 1350. The molecule has 0 unspecified atom stereocenters. The van der Waals surface area contributed by atoms with Crippen LogP contribution in [0.3, 0.4) is 0 Å². The molecule has 0 bridgehead atoms. The van der Waals surface area contributed by atoms with Crippen LogP contribution in [0.5, 0.6) is 0 Å². The van der Waals surface area contributed by atoms with E-state index in [0.29, 0.717) is 35.2 Å². The summed E-state index contributed by atoms with van der Waals surface area (Å²) in [6.07, 6.45) is 6.32. The van der Waals surface area contributed by atoms with Crippen molar-refractivity contribution in [3.63, 3.8) is 0 Å². The molecular formula is C29H28Cl2N4O2. The first-order chi connectivity index (χ1) is 17.8. The van der Waals surface area contributed by atoms with Gasteiger partial charge in [-0.25, -0.2) is 4.79 Å². The highest BCUT2D eigenvalue weighted by Gasteiger charge is 2.29. The molecule has 1 aromatic heterocycles. The number of nitriles is 1. The van der Waals surface area contributed by atoms with Crippen LogP contribution in [-0.2, 0) is 0 Å². The zero-order chi connectivity index (χ0) is 26.5. The van der Waals surface area contributed by atoms with Crippen molar-refractivity contribution >= 4 is 46.6 Å². The number of halogens is 2. The van der Waals surface area contributed by atoms with E-state index in [-0.39, 0.29) is 6.04 Å². The van der Waals surface area contributed by atoms with Crippen LogP contribution in [0.15, 0.2) is 54.9 Å². The lowest BCUT2D eigenvalue weighted by Gasteiger charge is -2.39. The van der Waals surface area contributed by atoms with Crippen LogP contribution < -0.4 is 4.90 Å². The van der Waals surface area contributed by atoms with Gasteiger partial charge in [-0.2, -0.15) is 5.26 Å². The summed E-state index contributed by atoms with van der Waals surface area (Å²) >= 11 is 12.7. The van der Waals surface area contributed by atoms with E-state index in [4.69, 9.17) is 23.2 Å². The van der Waals surface area contributed by atoms with E-state index in [1.165, 1.54) is 4.90 Å². The third-order valence-electron chi connectivity index (χ3n) is 6.75. The van der Waals surface area contributed by atoms with E-state index in [1.807, 2.05) is 56.6 Å². The minimum Gasteiger partial charge on any atom is -0.465 e. The molecule has 1 amide bonds. The molecule has 0 radical (unpaired) electrons. The lowest BCUT2D eigenvalue weighted by molar-refractivity contribution is 0.119. The molecule has 0 spiro atoms. The van der Waals surface area contributed by atoms with Crippen molar-refractivity contribution in [2.75, 3.05) is 24.5 Å². The number of carboxylic acid groups (broad SMARTS) is 1. The van der Waals surface area contributed by atoms with Gasteiger partial charge in [-0.05, 0) is 79.8 Å². The number of anilines is 1. The number of pyridine rings is 1. The number of hydrogen-bond acceptors (Lipinski definition) is 4. The third-order valence-corrected chi connectivity index (χ3v) is 7.18. The Balaban J connectivity index is 1.78. The molecule has 3 aromatic rings. The average Bonchev–Trinajstić information content (AvgIpc) is 2.88. The van der Waals surface area contributed by atoms with E-state index in [1.54, 1.807) is 12.1 Å². The predicted octanol–water partition coefficient (Wildman–Crippen LogP) is 7.46. The maximum atomic E-state index is 11.7. The Kier molecular flexibility index (Phi) is 8.38. The molecular weight excluding hydrogens is 507 g/mol. The molecule has 4 rings (SSSR count). The summed E-state index contributed by atoms with van der Waals surface area (Å²) in [4.78, 5) is 20.0. The number of hydrogen-bond donors (Lipinski definition) is 1. The largest absolute Gasteiger partial charge is 0.465 e. The second-order valence-corrected chi connectivity index (χ2v) is 9.96. The van der Waals surface area contributed by atoms with E-state index < -0.39 is 6.09 Å². The fraction of sp³-hybridized carbons (Fsp3) is 0.276. The monoisotopic (exact) mass is 534 g/mol. The highest BCUT2D eigenvalue weighted by atomic mass is 35.5. The van der Waals surface area contributed by atoms with Gasteiger partial charge in [-0.1, -0.05) is 35.3 Å². The van der Waals surface area contributed by atoms with Gasteiger partial charge in [-0.3, -0.25) is 4.98 Å². The lowest BCUT2D eigenvalue weighted by atomic mass is 9.96. The van der Waals surface area contributed by atoms with E-state index in [0.717, 1.165) is 46.4 Å². The molecule has 37 heavy (non-hydrogen) atoms. The standard InChI is InChI=1S/C29H28Cl2N4O2/c1-3-35(29(36)37)26-7-9-34(10-8-26)28-23(11-19(2)21-6-4-5-20(12-21)16-32)17-33-18-27(28)22-13-24(30)15-25(31)14-22/h4-6,11-15,17-18,26H,3,7-10H2,1-2H3,(H,36,37). The van der Waals surface area contributed by atoms with Gasteiger partial charge >= 0.3 is 6.09 Å². The number of benzene rings is 2. The molecule has 6 nitrogen and oxygen atoms in total. The van der Waals surface area contributed by atoms with Crippen molar-refractivity contribution in [3.05, 3.63) is 81.6 Å². The van der Waals surface area contributed by atoms with Crippen molar-refractivity contribution in [3.8, 4) is 17.2 Å². The Labute approximate surface area is 227 Å². The summed E-state index contributed by atoms with van der Waals surface area (Å²) in [6.45, 7) is 5.75. The van der Waals surface area contributed by atoms with Crippen LogP contribution in [0.4, 0.5) is 10.5 Å². The minimum atomic E-state index is -0.877. The normalized spacial score (nSPS) is 14.4. The summed E-state index contributed by atoms with van der Waals surface area (Å²) in [6, 6.07) is 15.2. The topological polar surface area (TPSA) is 80.5 Å². The number of amides is 1. The molecule has 190 valence electrons. The molecule has 2 aromatic carbocycles. The molecule has 1 fully saturated rings. The predicted molar refractivity (Wildman–Crippen MR) is 150 cm³/mol. The lowest BCUT2D eigenvalue weighted by Crippen LogP contribution is -2.47. The van der Waals surface area contributed by atoms with Crippen LogP contribution in [0.2, 0.25) is 10.0 Å². The molecule has 1 aliphatic heterocycles. The van der Waals surface area contributed by atoms with Crippen LogP contribution in [-0.4, -0.2) is 46.8 Å². The molecule has 1 aliphatic rings. The minimum absolute atomic E-state index is 0.0147. The first-order valence-corrected chi connectivity index (χ1v) is 12.9. The maximum Gasteiger partial charge on any atom is 0.407 e. The fourth-order valence-electron chi connectivity index (χ4n) is 4.95. The smallest absolute Gasteiger partial charge is 0.407 e. The Morgan fingerprint density at radius 3 is 2.51 bits per heavy atom. The molecule has 1 saturated heterocycles. The highest BCUT2D eigenvalue weighted by Crippen LogP contribution is 2.39. The number of allylic oxidation sites excluding steroid dienone is 1. The summed E-state index contributed by atoms with van der Waals surface area (Å²) in [5.41, 5.74) is 6.26. The summed E-state index contributed by atoms with van der Waals surface area (Å²) in [7, 11) is 0. The molecule has 8 heteroatoms. The maximum absolute atomic E-state index is 11.7. The van der Waals surface area contributed by atoms with Gasteiger partial charge in [0.25, 0.3) is 0 Å². The van der Waals surface area contributed by atoms with E-state index in [9.17, 15) is 15.2 Å². The Hall–Kier alpha value is -3.53. The van der Waals surface area contributed by atoms with Crippen molar-refractivity contribution in [2.24, 2.45) is 0 Å². The first-order valence-electron chi connectivity index (χ1n) is 12.2. The molecule has 0 aliphatic carbocycles. The van der Waals surface area contributed by atoms with Gasteiger partial charge < -0.3 is 14.9 Å². The Morgan fingerprint density at radius 1 is 1.19 bits per heavy atom. The number of nitrogens with zero attached hydrogens (tertiary/aromatic N) is 4. The van der Waals surface area contributed by atoms with Crippen LogP contribution in [0.1, 0.15) is 43.4 Å². The van der Waals surface area contributed by atoms with Gasteiger partial charge in [0.05, 0.1) is 17.3 Å².